The van der Waals surface area contributed by atoms with Crippen molar-refractivity contribution < 1.29 is 26.7 Å². The van der Waals surface area contributed by atoms with Gasteiger partial charge in [-0.05, 0) is 38.0 Å². The minimum atomic E-state index is -3.89. The third-order valence-electron chi connectivity index (χ3n) is 7.45. The van der Waals surface area contributed by atoms with Gasteiger partial charge in [0.25, 0.3) is 6.43 Å². The van der Waals surface area contributed by atoms with Crippen molar-refractivity contribution in [2.24, 2.45) is 11.3 Å². The molecule has 1 saturated carbocycles. The predicted octanol–water partition coefficient (Wildman–Crippen LogP) is 3.23. The molecule has 6 radical (unpaired) electrons. The van der Waals surface area contributed by atoms with Gasteiger partial charge in [-0.3, -0.25) is 9.48 Å². The lowest BCUT2D eigenvalue weighted by Crippen LogP contribution is -2.58. The second kappa shape index (κ2) is 12.1. The molecule has 17 heteroatoms. The summed E-state index contributed by atoms with van der Waals surface area (Å²) in [5.41, 5.74) is -0.837. The number of carbonyl (C=O) groups excluding carboxylic acids is 1. The Morgan fingerprint density at radius 2 is 1.80 bits per heavy atom. The minimum Gasteiger partial charge on any atom is -0.352 e. The average molecular weight is 604 g/mol. The predicted molar refractivity (Wildman–Crippen MR) is 153 cm³/mol. The van der Waals surface area contributed by atoms with Crippen molar-refractivity contribution in [3.8, 4) is 23.4 Å². The van der Waals surface area contributed by atoms with Crippen LogP contribution in [0.1, 0.15) is 32.4 Å². The molecule has 2 unspecified atom stereocenters. The fraction of sp³-hybridized carbons (Fsp3) is 0.481. The number of amides is 1. The lowest BCUT2D eigenvalue weighted by Gasteiger charge is -2.42. The monoisotopic (exact) mass is 604 g/mol. The van der Waals surface area contributed by atoms with Crippen LogP contribution in [0.5, 0.6) is 0 Å². The summed E-state index contributed by atoms with van der Waals surface area (Å²) >= 11 is 0. The third kappa shape index (κ3) is 6.52. The van der Waals surface area contributed by atoms with Crippen molar-refractivity contribution in [1.29, 1.82) is 10.5 Å². The van der Waals surface area contributed by atoms with Crippen molar-refractivity contribution in [3.05, 3.63) is 36.3 Å². The van der Waals surface area contributed by atoms with Gasteiger partial charge in [0.1, 0.15) is 23.9 Å². The van der Waals surface area contributed by atoms with E-state index >= 15 is 0 Å². The molecule has 2 atom stereocenters. The van der Waals surface area contributed by atoms with E-state index in [1.807, 2.05) is 17.0 Å². The molecule has 1 aromatic carbocycles. The van der Waals surface area contributed by atoms with Crippen molar-refractivity contribution in [2.75, 3.05) is 24.5 Å². The van der Waals surface area contributed by atoms with Crippen LogP contribution in [-0.4, -0.2) is 92.4 Å². The molecule has 5 rings (SSSR count). The van der Waals surface area contributed by atoms with Crippen molar-refractivity contribution in [3.63, 3.8) is 0 Å². The molecule has 222 valence electrons. The number of aromatic nitrogens is 4. The molecule has 0 N–H and O–H groups in total. The van der Waals surface area contributed by atoms with E-state index in [0.29, 0.717) is 53.9 Å². The molecule has 3 aromatic rings. The van der Waals surface area contributed by atoms with Crippen LogP contribution in [0.2, 0.25) is 0 Å². The van der Waals surface area contributed by atoms with Crippen LogP contribution >= 0.6 is 0 Å². The number of piperazine rings is 1. The molecule has 9 nitrogen and oxygen atoms in total. The Balaban J connectivity index is 0.000000555. The minimum absolute atomic E-state index is 0.0663. The van der Waals surface area contributed by atoms with E-state index in [1.165, 1.54) is 23.4 Å². The summed E-state index contributed by atoms with van der Waals surface area (Å²) in [6, 6.07) is 9.85. The maximum absolute atomic E-state index is 13.5. The smallest absolute Gasteiger partial charge is 0.352 e. The lowest BCUT2D eigenvalue weighted by atomic mass is 9.49. The Labute approximate surface area is 254 Å². The topological polar surface area (TPSA) is 115 Å². The summed E-state index contributed by atoms with van der Waals surface area (Å²) in [5, 5.41) is 21.8. The zero-order chi connectivity index (χ0) is 32.6. The van der Waals surface area contributed by atoms with Crippen LogP contribution in [0.25, 0.3) is 22.2 Å². The maximum Gasteiger partial charge on any atom is 0.391 e. The Morgan fingerprint density at radius 3 is 2.27 bits per heavy atom. The van der Waals surface area contributed by atoms with Crippen LogP contribution in [0.4, 0.5) is 27.8 Å². The summed E-state index contributed by atoms with van der Waals surface area (Å²) in [5.74, 6) is -1.27. The Morgan fingerprint density at radius 1 is 1.11 bits per heavy atom. The van der Waals surface area contributed by atoms with Gasteiger partial charge < -0.3 is 9.80 Å². The Hall–Kier alpha value is -4.14. The average Bonchev–Trinajstić information content (AvgIpc) is 3.75. The van der Waals surface area contributed by atoms with E-state index < -0.39 is 41.1 Å². The highest BCUT2D eigenvalue weighted by atomic mass is 19.4. The number of halogens is 5. The molecule has 1 amide bonds. The van der Waals surface area contributed by atoms with Gasteiger partial charge in [-0.25, -0.2) is 18.7 Å². The lowest BCUT2D eigenvalue weighted by molar-refractivity contribution is -0.148. The van der Waals surface area contributed by atoms with Gasteiger partial charge in [-0.2, -0.15) is 28.8 Å². The Kier molecular flexibility index (Phi) is 9.01. The van der Waals surface area contributed by atoms with Crippen LogP contribution in [0.15, 0.2) is 30.6 Å². The molecule has 44 heavy (non-hydrogen) atoms. The number of nitriles is 2. The number of para-hydroxylation sites is 1. The normalized spacial score (nSPS) is 18.6. The number of fused-ring (bicyclic) bond motifs is 1. The van der Waals surface area contributed by atoms with Gasteiger partial charge in [0.05, 0.1) is 46.7 Å². The number of nitrogens with zero attached hydrogens (tertiary/aromatic N) is 8. The van der Waals surface area contributed by atoms with Crippen molar-refractivity contribution in [2.45, 2.75) is 50.6 Å². The highest BCUT2D eigenvalue weighted by Crippen LogP contribution is 2.44. The van der Waals surface area contributed by atoms with E-state index in [-0.39, 0.29) is 12.2 Å². The Bertz CT molecular complexity index is 1630. The van der Waals surface area contributed by atoms with Gasteiger partial charge in [-0.15, -0.1) is 0 Å². The number of hydrogen-bond donors (Lipinski definition) is 0. The fourth-order valence-corrected chi connectivity index (χ4v) is 4.77. The molecule has 3 heterocycles. The van der Waals surface area contributed by atoms with Gasteiger partial charge in [-0.1, -0.05) is 12.1 Å². The summed E-state index contributed by atoms with van der Waals surface area (Å²) in [6.07, 6.45) is -4.91. The standard InChI is InChI=1S/C23H19B3F2N8O.C4H5F3/c1-13-10-34(6-7-35(13)21(37)22(2,11-30)20(27)28)19-16-5-3-4-15(18(16)31-12-32-19)17-8-14(9-29)36(33-17)23(24,25)26;5-4(6,7)3-1-2-3/h3-5,8,12-13,20H,6-7,10H2,1-2H3;3H,1-2H2. The number of anilines is 1. The van der Waals surface area contributed by atoms with E-state index in [2.05, 4.69) is 15.1 Å². The van der Waals surface area contributed by atoms with E-state index in [4.69, 9.17) is 23.5 Å². The van der Waals surface area contributed by atoms with Crippen molar-refractivity contribution in [1.82, 2.24) is 24.6 Å². The molecule has 1 aliphatic heterocycles. The molecule has 1 aliphatic carbocycles. The molecule has 1 saturated heterocycles. The van der Waals surface area contributed by atoms with Crippen molar-refractivity contribution >= 4 is 46.2 Å². The molecular formula is C27H24B3F5N8O. The largest absolute Gasteiger partial charge is 0.391 e. The summed E-state index contributed by atoms with van der Waals surface area (Å²) < 4.78 is 61.7. The number of carbonyl (C=O) groups is 1. The van der Waals surface area contributed by atoms with E-state index in [0.717, 1.165) is 11.6 Å². The first-order valence-corrected chi connectivity index (χ1v) is 13.5. The van der Waals surface area contributed by atoms with Gasteiger partial charge in [0, 0.05) is 42.7 Å². The molecule has 2 aromatic heterocycles. The first kappa shape index (κ1) is 32.8. The third-order valence-corrected chi connectivity index (χ3v) is 7.45. The van der Waals surface area contributed by atoms with E-state index in [9.17, 15) is 37.3 Å². The second-order valence-corrected chi connectivity index (χ2v) is 10.9. The first-order chi connectivity index (χ1) is 20.5. The SMILES string of the molecule is FC(F)(F)C1CC1.[B]C([B])([B])n1nc(-c2cccc3c(N4CCN(C(=O)C(C)(C#N)C(F)F)C(C)C4)ncnc23)cc1C#N. The number of rotatable bonds is 5. The van der Waals surface area contributed by atoms with Crippen LogP contribution in [0.3, 0.4) is 0 Å². The van der Waals surface area contributed by atoms with Gasteiger partial charge in [0.2, 0.25) is 5.91 Å². The second-order valence-electron chi connectivity index (χ2n) is 10.9. The fourth-order valence-electron chi connectivity index (χ4n) is 4.77. The quantitative estimate of drug-likeness (QED) is 0.325. The zero-order valence-electron chi connectivity index (χ0n) is 23.8. The van der Waals surface area contributed by atoms with Crippen LogP contribution in [-0.2, 0) is 10.0 Å². The van der Waals surface area contributed by atoms with Crippen LogP contribution in [0, 0.1) is 34.0 Å². The summed E-state index contributed by atoms with van der Waals surface area (Å²) in [4.78, 5) is 24.9. The number of alkyl halides is 5. The van der Waals surface area contributed by atoms with Crippen LogP contribution < -0.4 is 4.90 Å². The summed E-state index contributed by atoms with van der Waals surface area (Å²) in [6.45, 7) is 3.44. The molecule has 0 spiro atoms. The van der Waals surface area contributed by atoms with Gasteiger partial charge in [0.15, 0.2) is 5.41 Å². The maximum atomic E-state index is 13.5. The molecule has 2 fully saturated rings. The molecule has 2 aliphatic rings. The summed E-state index contributed by atoms with van der Waals surface area (Å²) in [7, 11) is 17.2. The van der Waals surface area contributed by atoms with E-state index in [1.54, 1.807) is 19.1 Å². The first-order valence-electron chi connectivity index (χ1n) is 13.5. The highest BCUT2D eigenvalue weighted by molar-refractivity contribution is 6.56. The van der Waals surface area contributed by atoms with Gasteiger partial charge >= 0.3 is 6.18 Å². The number of hydrogen-bond acceptors (Lipinski definition) is 7. The number of benzene rings is 1. The highest BCUT2D eigenvalue weighted by Gasteiger charge is 2.48. The zero-order valence-corrected chi connectivity index (χ0v) is 23.8. The molecule has 0 bridgehead atoms. The molecular weight excluding hydrogens is 580 g/mol.